The Bertz CT molecular complexity index is 528. The fraction of sp³-hybridized carbons (Fsp3) is 0.286. The summed E-state index contributed by atoms with van der Waals surface area (Å²) in [6.07, 6.45) is 2.89. The largest absolute Gasteiger partial charge is 0.481 e. The molecule has 4 nitrogen and oxygen atoms in total. The first kappa shape index (κ1) is 12.4. The molecule has 2 aromatic rings. The van der Waals surface area contributed by atoms with Gasteiger partial charge in [0.1, 0.15) is 12.2 Å². The third-order valence-electron chi connectivity index (χ3n) is 2.68. The molecule has 0 spiro atoms. The lowest BCUT2D eigenvalue weighted by Gasteiger charge is -1.99. The number of benzene rings is 1. The van der Waals surface area contributed by atoms with Crippen molar-refractivity contribution in [2.24, 2.45) is 0 Å². The molecule has 0 saturated heterocycles. The quantitative estimate of drug-likeness (QED) is 0.878. The second-order valence-electron chi connectivity index (χ2n) is 4.28. The molecule has 1 aromatic carbocycles. The van der Waals surface area contributed by atoms with Gasteiger partial charge in [-0.25, -0.2) is 4.98 Å². The SMILES string of the molecule is Cc1ccc(CCc2ncc(CC(=O)O)o2)cc1. The Labute approximate surface area is 105 Å². The summed E-state index contributed by atoms with van der Waals surface area (Å²) in [5.74, 6) is 0.0875. The second-order valence-corrected chi connectivity index (χ2v) is 4.28. The first-order valence-corrected chi connectivity index (χ1v) is 5.84. The lowest BCUT2D eigenvalue weighted by atomic mass is 10.1. The number of carboxylic acids is 1. The number of aryl methyl sites for hydroxylation is 3. The number of hydrogen-bond acceptors (Lipinski definition) is 3. The standard InChI is InChI=1S/C14H15NO3/c1-10-2-4-11(5-3-10)6-7-13-15-9-12(18-13)8-14(16)17/h2-5,9H,6-8H2,1H3,(H,16,17). The maximum Gasteiger partial charge on any atom is 0.311 e. The molecule has 0 atom stereocenters. The predicted octanol–water partition coefficient (Wildman–Crippen LogP) is 2.40. The number of hydrogen-bond donors (Lipinski definition) is 1. The van der Waals surface area contributed by atoms with Crippen LogP contribution < -0.4 is 0 Å². The molecule has 0 saturated carbocycles. The van der Waals surface area contributed by atoms with E-state index < -0.39 is 5.97 Å². The van der Waals surface area contributed by atoms with Gasteiger partial charge in [-0.1, -0.05) is 29.8 Å². The van der Waals surface area contributed by atoms with Crippen molar-refractivity contribution in [3.63, 3.8) is 0 Å². The Kier molecular flexibility index (Phi) is 3.77. The van der Waals surface area contributed by atoms with E-state index in [1.807, 2.05) is 0 Å². The molecule has 2 rings (SSSR count). The van der Waals surface area contributed by atoms with Crippen LogP contribution in [0.1, 0.15) is 22.8 Å². The molecule has 1 N–H and O–H groups in total. The van der Waals surface area contributed by atoms with Crippen LogP contribution in [0, 0.1) is 6.92 Å². The molecule has 1 heterocycles. The average Bonchev–Trinajstić information content (AvgIpc) is 2.75. The predicted molar refractivity (Wildman–Crippen MR) is 66.4 cm³/mol. The highest BCUT2D eigenvalue weighted by atomic mass is 16.4. The fourth-order valence-corrected chi connectivity index (χ4v) is 1.70. The highest BCUT2D eigenvalue weighted by Gasteiger charge is 2.07. The van der Waals surface area contributed by atoms with Crippen molar-refractivity contribution in [3.05, 3.63) is 53.2 Å². The summed E-state index contributed by atoms with van der Waals surface area (Å²) >= 11 is 0. The van der Waals surface area contributed by atoms with Gasteiger partial charge in [-0.05, 0) is 18.9 Å². The normalized spacial score (nSPS) is 10.5. The molecule has 4 heteroatoms. The number of rotatable bonds is 5. The summed E-state index contributed by atoms with van der Waals surface area (Å²) in [6.45, 7) is 2.05. The Morgan fingerprint density at radius 3 is 2.67 bits per heavy atom. The smallest absolute Gasteiger partial charge is 0.311 e. The van der Waals surface area contributed by atoms with Crippen LogP contribution >= 0.6 is 0 Å². The van der Waals surface area contributed by atoms with Gasteiger partial charge in [-0.2, -0.15) is 0 Å². The Morgan fingerprint density at radius 2 is 2.00 bits per heavy atom. The van der Waals surface area contributed by atoms with E-state index in [1.165, 1.54) is 17.3 Å². The maximum absolute atomic E-state index is 10.5. The van der Waals surface area contributed by atoms with Gasteiger partial charge < -0.3 is 9.52 Å². The van der Waals surface area contributed by atoms with Gasteiger partial charge in [0.05, 0.1) is 6.20 Å². The molecule has 0 unspecified atom stereocenters. The van der Waals surface area contributed by atoms with Crippen molar-refractivity contribution < 1.29 is 14.3 Å². The summed E-state index contributed by atoms with van der Waals surface area (Å²) in [5.41, 5.74) is 2.46. The molecule has 0 aliphatic carbocycles. The molecule has 1 aromatic heterocycles. The van der Waals surface area contributed by atoms with E-state index in [-0.39, 0.29) is 6.42 Å². The zero-order valence-electron chi connectivity index (χ0n) is 10.2. The number of carbonyl (C=O) groups is 1. The van der Waals surface area contributed by atoms with E-state index in [0.717, 1.165) is 6.42 Å². The summed E-state index contributed by atoms with van der Waals surface area (Å²) < 4.78 is 5.35. The average molecular weight is 245 g/mol. The summed E-state index contributed by atoms with van der Waals surface area (Å²) in [6, 6.07) is 8.30. The van der Waals surface area contributed by atoms with E-state index in [0.29, 0.717) is 18.1 Å². The van der Waals surface area contributed by atoms with Crippen molar-refractivity contribution in [2.75, 3.05) is 0 Å². The van der Waals surface area contributed by atoms with Crippen LogP contribution in [0.15, 0.2) is 34.9 Å². The van der Waals surface area contributed by atoms with Gasteiger partial charge in [-0.15, -0.1) is 0 Å². The molecule has 0 bridgehead atoms. The number of aromatic nitrogens is 1. The second kappa shape index (κ2) is 5.49. The summed E-state index contributed by atoms with van der Waals surface area (Å²) in [4.78, 5) is 14.6. The number of nitrogens with zero attached hydrogens (tertiary/aromatic N) is 1. The molecule has 0 aliphatic rings. The zero-order valence-corrected chi connectivity index (χ0v) is 10.2. The topological polar surface area (TPSA) is 63.3 Å². The molecule has 0 fully saturated rings. The fourth-order valence-electron chi connectivity index (χ4n) is 1.70. The first-order chi connectivity index (χ1) is 8.63. The molecule has 0 aliphatic heterocycles. The van der Waals surface area contributed by atoms with Gasteiger partial charge in [0.25, 0.3) is 0 Å². The minimum absolute atomic E-state index is 0.114. The summed E-state index contributed by atoms with van der Waals surface area (Å²) in [5, 5.41) is 8.62. The van der Waals surface area contributed by atoms with Crippen LogP contribution in [-0.2, 0) is 24.1 Å². The maximum atomic E-state index is 10.5. The van der Waals surface area contributed by atoms with E-state index in [9.17, 15) is 4.79 Å². The van der Waals surface area contributed by atoms with Gasteiger partial charge in [0, 0.05) is 6.42 Å². The van der Waals surface area contributed by atoms with E-state index in [1.54, 1.807) is 0 Å². The van der Waals surface area contributed by atoms with Crippen LogP contribution in [0.5, 0.6) is 0 Å². The third kappa shape index (κ3) is 3.45. The first-order valence-electron chi connectivity index (χ1n) is 5.84. The van der Waals surface area contributed by atoms with Crippen molar-refractivity contribution >= 4 is 5.97 Å². The van der Waals surface area contributed by atoms with Crippen LogP contribution in [0.3, 0.4) is 0 Å². The van der Waals surface area contributed by atoms with Gasteiger partial charge in [-0.3, -0.25) is 4.79 Å². The third-order valence-corrected chi connectivity index (χ3v) is 2.68. The lowest BCUT2D eigenvalue weighted by Crippen LogP contribution is -1.98. The minimum atomic E-state index is -0.906. The van der Waals surface area contributed by atoms with Crippen LogP contribution in [0.25, 0.3) is 0 Å². The molecular weight excluding hydrogens is 230 g/mol. The lowest BCUT2D eigenvalue weighted by molar-refractivity contribution is -0.136. The van der Waals surface area contributed by atoms with E-state index in [2.05, 4.69) is 36.2 Å². The Hall–Kier alpha value is -2.10. The number of oxazole rings is 1. The van der Waals surface area contributed by atoms with Crippen LogP contribution in [0.4, 0.5) is 0 Å². The van der Waals surface area contributed by atoms with Gasteiger partial charge >= 0.3 is 5.97 Å². The summed E-state index contributed by atoms with van der Waals surface area (Å²) in [7, 11) is 0. The zero-order chi connectivity index (χ0) is 13.0. The molecular formula is C14H15NO3. The van der Waals surface area contributed by atoms with E-state index in [4.69, 9.17) is 9.52 Å². The van der Waals surface area contributed by atoms with Gasteiger partial charge in [0.15, 0.2) is 5.89 Å². The highest BCUT2D eigenvalue weighted by molar-refractivity contribution is 5.69. The van der Waals surface area contributed by atoms with Gasteiger partial charge in [0.2, 0.25) is 0 Å². The molecule has 18 heavy (non-hydrogen) atoms. The van der Waals surface area contributed by atoms with Crippen molar-refractivity contribution in [3.8, 4) is 0 Å². The highest BCUT2D eigenvalue weighted by Crippen LogP contribution is 2.10. The van der Waals surface area contributed by atoms with Crippen LogP contribution in [-0.4, -0.2) is 16.1 Å². The number of carboxylic acid groups (broad SMARTS) is 1. The molecule has 0 radical (unpaired) electrons. The molecule has 94 valence electrons. The van der Waals surface area contributed by atoms with Crippen LogP contribution in [0.2, 0.25) is 0 Å². The van der Waals surface area contributed by atoms with Crippen molar-refractivity contribution in [1.29, 1.82) is 0 Å². The van der Waals surface area contributed by atoms with E-state index >= 15 is 0 Å². The monoisotopic (exact) mass is 245 g/mol. The number of aliphatic carboxylic acids is 1. The van der Waals surface area contributed by atoms with Crippen molar-refractivity contribution in [2.45, 2.75) is 26.2 Å². The van der Waals surface area contributed by atoms with Crippen molar-refractivity contribution in [1.82, 2.24) is 4.98 Å². The molecule has 0 amide bonds. The Morgan fingerprint density at radius 1 is 1.28 bits per heavy atom. The Balaban J connectivity index is 1.92. The minimum Gasteiger partial charge on any atom is -0.481 e.